The number of hydrogen-bond acceptors (Lipinski definition) is 5. The van der Waals surface area contributed by atoms with Gasteiger partial charge in [-0.1, -0.05) is 12.1 Å². The van der Waals surface area contributed by atoms with Crippen molar-refractivity contribution in [1.29, 1.82) is 0 Å². The predicted octanol–water partition coefficient (Wildman–Crippen LogP) is 2.41. The molecule has 1 fully saturated rings. The van der Waals surface area contributed by atoms with Gasteiger partial charge in [0.25, 0.3) is 0 Å². The first-order valence-electron chi connectivity index (χ1n) is 7.47. The lowest BCUT2D eigenvalue weighted by Gasteiger charge is -2.25. The van der Waals surface area contributed by atoms with Crippen molar-refractivity contribution in [3.63, 3.8) is 0 Å². The third-order valence-electron chi connectivity index (χ3n) is 4.23. The minimum atomic E-state index is -0.374. The van der Waals surface area contributed by atoms with Crippen LogP contribution in [0.25, 0.3) is 0 Å². The first-order valence-corrected chi connectivity index (χ1v) is 7.47. The molecule has 22 heavy (non-hydrogen) atoms. The van der Waals surface area contributed by atoms with Crippen molar-refractivity contribution in [2.75, 3.05) is 18.6 Å². The Morgan fingerprint density at radius 2 is 2.14 bits per heavy atom. The molecule has 1 aromatic heterocycles. The van der Waals surface area contributed by atoms with E-state index in [0.29, 0.717) is 18.9 Å². The average molecular weight is 299 g/mol. The van der Waals surface area contributed by atoms with Crippen LogP contribution in [0.5, 0.6) is 5.75 Å². The number of aromatic nitrogens is 2. The molecule has 2 heterocycles. The standard InChI is InChI=1S/C17H21N3O2/c1-11-9-18-17(19-12(11)2)20-10-14(21)8-16(20)13-5-4-6-15(7-13)22-3/h4-7,9,14,16,21H,8,10H2,1-3H3/t14-,16-/m0/s1. The van der Waals surface area contributed by atoms with Crippen molar-refractivity contribution < 1.29 is 9.84 Å². The molecule has 0 aliphatic carbocycles. The Balaban J connectivity index is 1.96. The molecule has 0 bridgehead atoms. The van der Waals surface area contributed by atoms with Crippen LogP contribution in [0.4, 0.5) is 5.95 Å². The largest absolute Gasteiger partial charge is 0.497 e. The van der Waals surface area contributed by atoms with Gasteiger partial charge in [0.1, 0.15) is 5.75 Å². The number of aryl methyl sites for hydroxylation is 2. The summed E-state index contributed by atoms with van der Waals surface area (Å²) in [6.07, 6.45) is 2.13. The van der Waals surface area contributed by atoms with Gasteiger partial charge < -0.3 is 14.7 Å². The van der Waals surface area contributed by atoms with Crippen molar-refractivity contribution in [2.24, 2.45) is 0 Å². The van der Waals surface area contributed by atoms with Crippen molar-refractivity contribution >= 4 is 5.95 Å². The van der Waals surface area contributed by atoms with E-state index in [-0.39, 0.29) is 12.1 Å². The number of hydrogen-bond donors (Lipinski definition) is 1. The van der Waals surface area contributed by atoms with E-state index in [0.717, 1.165) is 22.6 Å². The van der Waals surface area contributed by atoms with Gasteiger partial charge in [0.05, 0.1) is 19.3 Å². The molecule has 3 rings (SSSR count). The number of aliphatic hydroxyl groups is 1. The highest BCUT2D eigenvalue weighted by Crippen LogP contribution is 2.35. The second-order valence-corrected chi connectivity index (χ2v) is 5.77. The summed E-state index contributed by atoms with van der Waals surface area (Å²) in [5, 5.41) is 10.1. The number of methoxy groups -OCH3 is 1. The van der Waals surface area contributed by atoms with Crippen molar-refractivity contribution in [3.8, 4) is 5.75 Å². The maximum atomic E-state index is 10.1. The fourth-order valence-electron chi connectivity index (χ4n) is 2.85. The summed E-state index contributed by atoms with van der Waals surface area (Å²) in [6.45, 7) is 4.52. The molecule has 5 nitrogen and oxygen atoms in total. The summed E-state index contributed by atoms with van der Waals surface area (Å²) in [7, 11) is 1.66. The Kier molecular flexibility index (Phi) is 3.98. The minimum absolute atomic E-state index is 0.0622. The predicted molar refractivity (Wildman–Crippen MR) is 85.2 cm³/mol. The molecule has 2 atom stereocenters. The quantitative estimate of drug-likeness (QED) is 0.943. The summed E-state index contributed by atoms with van der Waals surface area (Å²) in [5.74, 6) is 1.49. The number of benzene rings is 1. The van der Waals surface area contributed by atoms with E-state index < -0.39 is 0 Å². The van der Waals surface area contributed by atoms with Crippen LogP contribution in [0, 0.1) is 13.8 Å². The second kappa shape index (κ2) is 5.93. The molecule has 1 saturated heterocycles. The lowest BCUT2D eigenvalue weighted by molar-refractivity contribution is 0.194. The summed E-state index contributed by atoms with van der Waals surface area (Å²) in [4.78, 5) is 11.1. The fourth-order valence-corrected chi connectivity index (χ4v) is 2.85. The van der Waals surface area contributed by atoms with E-state index in [1.807, 2.05) is 38.2 Å². The molecular formula is C17H21N3O2. The highest BCUT2D eigenvalue weighted by Gasteiger charge is 2.34. The van der Waals surface area contributed by atoms with Gasteiger partial charge in [-0.15, -0.1) is 0 Å². The zero-order valence-corrected chi connectivity index (χ0v) is 13.2. The van der Waals surface area contributed by atoms with E-state index in [1.165, 1.54) is 0 Å². The van der Waals surface area contributed by atoms with Crippen LogP contribution in [0.2, 0.25) is 0 Å². The number of anilines is 1. The van der Waals surface area contributed by atoms with Gasteiger partial charge in [-0.3, -0.25) is 0 Å². The fraction of sp³-hybridized carbons (Fsp3) is 0.412. The Morgan fingerprint density at radius 1 is 1.32 bits per heavy atom. The smallest absolute Gasteiger partial charge is 0.226 e. The number of aliphatic hydroxyl groups excluding tert-OH is 1. The topological polar surface area (TPSA) is 58.5 Å². The lowest BCUT2D eigenvalue weighted by atomic mass is 10.0. The van der Waals surface area contributed by atoms with Crippen molar-refractivity contribution in [1.82, 2.24) is 9.97 Å². The van der Waals surface area contributed by atoms with Crippen LogP contribution < -0.4 is 9.64 Å². The molecule has 0 unspecified atom stereocenters. The van der Waals surface area contributed by atoms with Gasteiger partial charge in [-0.05, 0) is 43.5 Å². The number of rotatable bonds is 3. The third kappa shape index (κ3) is 2.76. The highest BCUT2D eigenvalue weighted by atomic mass is 16.5. The molecular weight excluding hydrogens is 278 g/mol. The highest BCUT2D eigenvalue weighted by molar-refractivity contribution is 5.42. The normalized spacial score (nSPS) is 21.2. The summed E-state index contributed by atoms with van der Waals surface area (Å²) in [6, 6.07) is 8.02. The summed E-state index contributed by atoms with van der Waals surface area (Å²) < 4.78 is 5.30. The van der Waals surface area contributed by atoms with E-state index >= 15 is 0 Å². The van der Waals surface area contributed by atoms with E-state index in [2.05, 4.69) is 20.9 Å². The van der Waals surface area contributed by atoms with Crippen LogP contribution in [-0.2, 0) is 0 Å². The molecule has 5 heteroatoms. The molecule has 0 amide bonds. The Morgan fingerprint density at radius 3 is 2.86 bits per heavy atom. The van der Waals surface area contributed by atoms with E-state index in [1.54, 1.807) is 7.11 Å². The van der Waals surface area contributed by atoms with Crippen LogP contribution in [0.3, 0.4) is 0 Å². The van der Waals surface area contributed by atoms with Gasteiger partial charge in [0.15, 0.2) is 0 Å². The molecule has 0 radical (unpaired) electrons. The van der Waals surface area contributed by atoms with Crippen molar-refractivity contribution in [2.45, 2.75) is 32.4 Å². The average Bonchev–Trinajstić information content (AvgIpc) is 2.92. The maximum absolute atomic E-state index is 10.1. The van der Waals surface area contributed by atoms with Gasteiger partial charge in [-0.2, -0.15) is 0 Å². The number of β-amino-alcohol motifs (C(OH)–C–C–N with tert-alkyl or cyclic N) is 1. The first-order chi connectivity index (χ1) is 10.6. The SMILES string of the molecule is COc1cccc([C@@H]2C[C@H](O)CN2c2ncc(C)c(C)n2)c1. The molecule has 1 aromatic carbocycles. The van der Waals surface area contributed by atoms with Crippen molar-refractivity contribution in [3.05, 3.63) is 47.3 Å². The molecule has 2 aromatic rings. The molecule has 0 saturated carbocycles. The summed E-state index contributed by atoms with van der Waals surface area (Å²) in [5.41, 5.74) is 3.15. The number of ether oxygens (including phenoxy) is 1. The third-order valence-corrected chi connectivity index (χ3v) is 4.23. The summed E-state index contributed by atoms with van der Waals surface area (Å²) >= 11 is 0. The molecule has 1 aliphatic rings. The second-order valence-electron chi connectivity index (χ2n) is 5.77. The van der Waals surface area contributed by atoms with Gasteiger partial charge in [0.2, 0.25) is 5.95 Å². The van der Waals surface area contributed by atoms with Gasteiger partial charge in [0, 0.05) is 18.4 Å². The molecule has 1 aliphatic heterocycles. The monoisotopic (exact) mass is 299 g/mol. The van der Waals surface area contributed by atoms with E-state index in [9.17, 15) is 5.11 Å². The van der Waals surface area contributed by atoms with E-state index in [4.69, 9.17) is 4.74 Å². The first kappa shape index (κ1) is 14.8. The molecule has 0 spiro atoms. The molecule has 1 N–H and O–H groups in total. The van der Waals surface area contributed by atoms with Crippen LogP contribution >= 0.6 is 0 Å². The van der Waals surface area contributed by atoms with Crippen LogP contribution in [-0.4, -0.2) is 34.8 Å². The van der Waals surface area contributed by atoms with Gasteiger partial charge in [-0.25, -0.2) is 9.97 Å². The zero-order valence-electron chi connectivity index (χ0n) is 13.2. The maximum Gasteiger partial charge on any atom is 0.226 e. The van der Waals surface area contributed by atoms with Gasteiger partial charge >= 0.3 is 0 Å². The minimum Gasteiger partial charge on any atom is -0.497 e. The van der Waals surface area contributed by atoms with Crippen LogP contribution in [0.1, 0.15) is 29.3 Å². The van der Waals surface area contributed by atoms with Crippen LogP contribution in [0.15, 0.2) is 30.5 Å². The Bertz CT molecular complexity index is 675. The zero-order chi connectivity index (χ0) is 15.7. The Hall–Kier alpha value is -2.14. The Labute approximate surface area is 130 Å². The number of nitrogens with zero attached hydrogens (tertiary/aromatic N) is 3. The molecule has 116 valence electrons. The lowest BCUT2D eigenvalue weighted by Crippen LogP contribution is -2.26.